The van der Waals surface area contributed by atoms with E-state index in [1.807, 2.05) is 37.4 Å². The highest BCUT2D eigenvalue weighted by Crippen LogP contribution is 2.30. The third kappa shape index (κ3) is 3.53. The van der Waals surface area contributed by atoms with Gasteiger partial charge < -0.3 is 4.90 Å². The molecule has 2 saturated heterocycles. The molecule has 5 nitrogen and oxygen atoms in total. The van der Waals surface area contributed by atoms with Crippen molar-refractivity contribution in [1.29, 1.82) is 0 Å². The van der Waals surface area contributed by atoms with Crippen LogP contribution in [0.4, 0.5) is 0 Å². The molecule has 4 aliphatic rings. The first-order chi connectivity index (χ1) is 15.6. The fourth-order valence-corrected chi connectivity index (χ4v) is 6.01. The van der Waals surface area contributed by atoms with E-state index in [1.165, 1.54) is 19.4 Å². The Kier molecular flexibility index (Phi) is 4.85. The number of hydrogen-bond acceptors (Lipinski definition) is 5. The second-order valence-electron chi connectivity index (χ2n) is 8.84. The van der Waals surface area contributed by atoms with Crippen LogP contribution in [0.1, 0.15) is 23.4 Å². The Hall–Kier alpha value is -2.96. The molecule has 4 aliphatic heterocycles. The smallest absolute Gasteiger partial charge is 0.255 e. The Morgan fingerprint density at radius 2 is 2.00 bits per heavy atom. The zero-order chi connectivity index (χ0) is 21.7. The minimum Gasteiger partial charge on any atom is -0.367 e. The molecule has 32 heavy (non-hydrogen) atoms. The molecule has 5 heterocycles. The number of nitrogens with zero attached hydrogens (tertiary/aromatic N) is 4. The zero-order valence-corrected chi connectivity index (χ0v) is 19.0. The molecule has 1 atom stereocenters. The van der Waals surface area contributed by atoms with E-state index >= 15 is 0 Å². The maximum absolute atomic E-state index is 13.3. The van der Waals surface area contributed by atoms with E-state index in [0.717, 1.165) is 57.4 Å². The van der Waals surface area contributed by atoms with E-state index < -0.39 is 0 Å². The molecule has 6 heteroatoms. The normalized spacial score (nSPS) is 25.1. The van der Waals surface area contributed by atoms with Gasteiger partial charge in [0, 0.05) is 43.6 Å². The summed E-state index contributed by atoms with van der Waals surface area (Å²) in [6.07, 6.45) is 16.6. The minimum atomic E-state index is -0.0162. The second kappa shape index (κ2) is 7.87. The van der Waals surface area contributed by atoms with Crippen molar-refractivity contribution in [2.45, 2.75) is 25.8 Å². The third-order valence-electron chi connectivity index (χ3n) is 6.80. The number of allylic oxidation sites excluding steroid dienone is 6. The molecule has 2 fully saturated rings. The van der Waals surface area contributed by atoms with Gasteiger partial charge in [0.25, 0.3) is 5.91 Å². The van der Waals surface area contributed by atoms with Crippen LogP contribution in [-0.4, -0.2) is 57.8 Å². The first kappa shape index (κ1) is 19.7. The number of rotatable bonds is 2. The van der Waals surface area contributed by atoms with Crippen molar-refractivity contribution in [3.8, 4) is 0 Å². The number of fused-ring (bicyclic) bond motifs is 3. The molecule has 0 bridgehead atoms. The third-order valence-corrected chi connectivity index (χ3v) is 7.74. The van der Waals surface area contributed by atoms with Crippen molar-refractivity contribution in [2.24, 2.45) is 0 Å². The average Bonchev–Trinajstić information content (AvgIpc) is 3.41. The zero-order valence-electron chi connectivity index (χ0n) is 18.2. The van der Waals surface area contributed by atoms with Crippen molar-refractivity contribution in [1.82, 2.24) is 19.7 Å². The molecule has 1 amide bonds. The van der Waals surface area contributed by atoms with Gasteiger partial charge in [0.2, 0.25) is 0 Å². The second-order valence-corrected chi connectivity index (χ2v) is 10.1. The highest BCUT2D eigenvalue weighted by Gasteiger charge is 2.32. The molecule has 2 aromatic rings. The first-order valence-corrected chi connectivity index (χ1v) is 12.2. The summed E-state index contributed by atoms with van der Waals surface area (Å²) in [7, 11) is 0. The van der Waals surface area contributed by atoms with Crippen LogP contribution in [-0.2, 0) is 4.79 Å². The van der Waals surface area contributed by atoms with Crippen LogP contribution in [0, 0.1) is 6.92 Å². The molecule has 0 radical (unpaired) electrons. The number of hydrogen-bond donors (Lipinski definition) is 0. The lowest BCUT2D eigenvalue weighted by Crippen LogP contribution is -2.49. The number of benzene rings is 1. The Bertz CT molecular complexity index is 1250. The van der Waals surface area contributed by atoms with Crippen LogP contribution in [0.2, 0.25) is 0 Å². The van der Waals surface area contributed by atoms with E-state index in [1.54, 1.807) is 22.3 Å². The number of aromatic nitrogens is 1. The summed E-state index contributed by atoms with van der Waals surface area (Å²) in [5.74, 6) is -0.0162. The molecule has 6 rings (SSSR count). The molecule has 0 aliphatic carbocycles. The summed E-state index contributed by atoms with van der Waals surface area (Å²) in [6.45, 7) is 6.43. The molecule has 162 valence electrons. The standard InChI is InChI=1S/C26H26N4OS/c1-18-27-24-10-7-20(14-25(24)32-18)19-4-2-5-21-8-9-23(17-30(21)26(31)15-19)29-13-12-28-11-3-6-22(28)16-29/h2,4-5,7-10,14-15,17,22H,3,6,11-13,16H2,1H3/b4-2?,19-15?,21-5+/t22-/m1/s1. The van der Waals surface area contributed by atoms with Crippen LogP contribution in [0.25, 0.3) is 15.8 Å². The van der Waals surface area contributed by atoms with Crippen LogP contribution in [0.3, 0.4) is 0 Å². The van der Waals surface area contributed by atoms with Crippen LogP contribution >= 0.6 is 11.3 Å². The predicted octanol–water partition coefficient (Wildman–Crippen LogP) is 4.46. The van der Waals surface area contributed by atoms with Crippen LogP contribution in [0.5, 0.6) is 0 Å². The van der Waals surface area contributed by atoms with E-state index in [2.05, 4.69) is 39.1 Å². The van der Waals surface area contributed by atoms with Gasteiger partial charge in [-0.15, -0.1) is 11.3 Å². The summed E-state index contributed by atoms with van der Waals surface area (Å²) in [6, 6.07) is 6.87. The quantitative estimate of drug-likeness (QED) is 0.688. The van der Waals surface area contributed by atoms with Crippen molar-refractivity contribution in [2.75, 3.05) is 26.2 Å². The number of carbonyl (C=O) groups excluding carboxylic acids is 1. The molecule has 0 unspecified atom stereocenters. The summed E-state index contributed by atoms with van der Waals surface area (Å²) < 4.78 is 1.15. The van der Waals surface area contributed by atoms with Crippen molar-refractivity contribution >= 4 is 33.0 Å². The highest BCUT2D eigenvalue weighted by molar-refractivity contribution is 7.18. The van der Waals surface area contributed by atoms with Crippen molar-refractivity contribution < 1.29 is 4.79 Å². The molecule has 1 aromatic heterocycles. The van der Waals surface area contributed by atoms with Crippen molar-refractivity contribution in [3.05, 3.63) is 82.8 Å². The van der Waals surface area contributed by atoms with Crippen LogP contribution < -0.4 is 0 Å². The van der Waals surface area contributed by atoms with Gasteiger partial charge in [-0.2, -0.15) is 0 Å². The van der Waals surface area contributed by atoms with Crippen LogP contribution in [0.15, 0.2) is 72.2 Å². The summed E-state index contributed by atoms with van der Waals surface area (Å²) in [5.41, 5.74) is 5.00. The summed E-state index contributed by atoms with van der Waals surface area (Å²) in [5, 5.41) is 1.05. The molecule has 1 aromatic carbocycles. The number of piperazine rings is 1. The first-order valence-electron chi connectivity index (χ1n) is 11.3. The highest BCUT2D eigenvalue weighted by atomic mass is 32.1. The summed E-state index contributed by atoms with van der Waals surface area (Å²) in [4.78, 5) is 24.7. The van der Waals surface area contributed by atoms with Gasteiger partial charge in [-0.3, -0.25) is 14.6 Å². The van der Waals surface area contributed by atoms with Gasteiger partial charge in [0.15, 0.2) is 0 Å². The Morgan fingerprint density at radius 3 is 2.94 bits per heavy atom. The van der Waals surface area contributed by atoms with Gasteiger partial charge in [0.05, 0.1) is 20.9 Å². The maximum atomic E-state index is 13.3. The van der Waals surface area contributed by atoms with E-state index in [-0.39, 0.29) is 5.91 Å². The van der Waals surface area contributed by atoms with Gasteiger partial charge in [-0.1, -0.05) is 18.2 Å². The van der Waals surface area contributed by atoms with E-state index in [4.69, 9.17) is 0 Å². The lowest BCUT2D eigenvalue weighted by molar-refractivity contribution is -0.122. The molecule has 0 spiro atoms. The van der Waals surface area contributed by atoms with E-state index in [0.29, 0.717) is 6.04 Å². The lowest BCUT2D eigenvalue weighted by Gasteiger charge is -2.40. The molecular formula is C26H26N4OS. The lowest BCUT2D eigenvalue weighted by atomic mass is 10.0. The minimum absolute atomic E-state index is 0.0162. The fourth-order valence-electron chi connectivity index (χ4n) is 5.14. The molecular weight excluding hydrogens is 416 g/mol. The fraction of sp³-hybridized carbons (Fsp3) is 0.308. The van der Waals surface area contributed by atoms with Gasteiger partial charge in [0.1, 0.15) is 0 Å². The monoisotopic (exact) mass is 442 g/mol. The summed E-state index contributed by atoms with van der Waals surface area (Å²) >= 11 is 1.68. The Balaban J connectivity index is 1.29. The SMILES string of the molecule is Cc1nc2ccc(C3=CC(=O)N4C=C(N5CCN6CCC[C@@H]6C5)C=C/C4=C\C=C3)cc2s1. The Labute approximate surface area is 192 Å². The maximum Gasteiger partial charge on any atom is 0.255 e. The average molecular weight is 443 g/mol. The topological polar surface area (TPSA) is 39.7 Å². The van der Waals surface area contributed by atoms with Gasteiger partial charge in [-0.25, -0.2) is 4.98 Å². The predicted molar refractivity (Wildman–Crippen MR) is 130 cm³/mol. The van der Waals surface area contributed by atoms with Gasteiger partial charge in [-0.05, 0) is 67.8 Å². The number of aryl methyl sites for hydroxylation is 1. The largest absolute Gasteiger partial charge is 0.367 e. The number of thiazole rings is 1. The molecule has 0 saturated carbocycles. The van der Waals surface area contributed by atoms with Gasteiger partial charge >= 0.3 is 0 Å². The number of amides is 1. The number of carbonyl (C=O) groups is 1. The Morgan fingerprint density at radius 1 is 1.09 bits per heavy atom. The van der Waals surface area contributed by atoms with E-state index in [9.17, 15) is 4.79 Å². The molecule has 0 N–H and O–H groups in total. The van der Waals surface area contributed by atoms with Crippen molar-refractivity contribution in [3.63, 3.8) is 0 Å².